The lowest BCUT2D eigenvalue weighted by atomic mass is 10.1. The number of sulfonamides is 1. The van der Waals surface area contributed by atoms with Gasteiger partial charge >= 0.3 is 0 Å². The van der Waals surface area contributed by atoms with Crippen LogP contribution in [0.25, 0.3) is 0 Å². The van der Waals surface area contributed by atoms with Gasteiger partial charge in [0.1, 0.15) is 0 Å². The molecule has 0 radical (unpaired) electrons. The van der Waals surface area contributed by atoms with Crippen molar-refractivity contribution >= 4 is 21.4 Å². The van der Waals surface area contributed by atoms with Gasteiger partial charge in [0.15, 0.2) is 0 Å². The summed E-state index contributed by atoms with van der Waals surface area (Å²) in [5.74, 6) is 0.240. The van der Waals surface area contributed by atoms with Crippen molar-refractivity contribution in [2.24, 2.45) is 0 Å². The van der Waals surface area contributed by atoms with Crippen molar-refractivity contribution in [3.05, 3.63) is 42.2 Å². The number of nitrogens with one attached hydrogen (secondary N) is 1. The van der Waals surface area contributed by atoms with E-state index in [-0.39, 0.29) is 11.8 Å². The van der Waals surface area contributed by atoms with Crippen LogP contribution in [0, 0.1) is 6.92 Å². The first kappa shape index (κ1) is 16.8. The summed E-state index contributed by atoms with van der Waals surface area (Å²) >= 11 is 0. The second kappa shape index (κ2) is 6.84. The summed E-state index contributed by atoms with van der Waals surface area (Å²) in [5.41, 5.74) is 2.72. The van der Waals surface area contributed by atoms with E-state index in [0.717, 1.165) is 29.9 Å². The Balaban J connectivity index is 1.69. The molecule has 7 heteroatoms. The standard InChI is InChI=1S/C17H24N4O2S/c1-14-5-6-16(13-17(14)21-10-4-12-24(21,22)23)19-15(2)7-11-20-9-3-8-18-20/h3,5-6,8-9,13,15,19H,4,7,10-12H2,1-2H3/t15-/m0/s1. The highest BCUT2D eigenvalue weighted by Crippen LogP contribution is 2.30. The van der Waals surface area contributed by atoms with Gasteiger partial charge in [0.05, 0.1) is 11.4 Å². The minimum Gasteiger partial charge on any atom is -0.382 e. The predicted molar refractivity (Wildman–Crippen MR) is 96.9 cm³/mol. The molecule has 6 nitrogen and oxygen atoms in total. The van der Waals surface area contributed by atoms with Gasteiger partial charge in [-0.3, -0.25) is 8.99 Å². The summed E-state index contributed by atoms with van der Waals surface area (Å²) in [7, 11) is -3.15. The first-order valence-electron chi connectivity index (χ1n) is 8.31. The molecule has 1 aliphatic heterocycles. The van der Waals surface area contributed by atoms with Crippen molar-refractivity contribution in [3.8, 4) is 0 Å². The number of hydrogen-bond donors (Lipinski definition) is 1. The molecule has 130 valence electrons. The van der Waals surface area contributed by atoms with Crippen LogP contribution in [-0.2, 0) is 16.6 Å². The number of aryl methyl sites for hydroxylation is 2. The van der Waals surface area contributed by atoms with Crippen molar-refractivity contribution in [2.75, 3.05) is 21.9 Å². The molecule has 1 fully saturated rings. The maximum atomic E-state index is 12.2. The van der Waals surface area contributed by atoms with Crippen LogP contribution < -0.4 is 9.62 Å². The van der Waals surface area contributed by atoms with Gasteiger partial charge in [-0.1, -0.05) is 6.07 Å². The van der Waals surface area contributed by atoms with Gasteiger partial charge in [-0.25, -0.2) is 8.42 Å². The predicted octanol–water partition coefficient (Wildman–Crippen LogP) is 2.62. The van der Waals surface area contributed by atoms with Crippen LogP contribution in [0.15, 0.2) is 36.7 Å². The number of nitrogens with zero attached hydrogens (tertiary/aromatic N) is 3. The quantitative estimate of drug-likeness (QED) is 0.871. The highest BCUT2D eigenvalue weighted by atomic mass is 32.2. The van der Waals surface area contributed by atoms with Gasteiger partial charge in [0, 0.05) is 37.2 Å². The zero-order chi connectivity index (χ0) is 17.2. The number of rotatable bonds is 6. The van der Waals surface area contributed by atoms with Crippen molar-refractivity contribution in [2.45, 2.75) is 39.3 Å². The summed E-state index contributed by atoms with van der Waals surface area (Å²) < 4.78 is 27.8. The van der Waals surface area contributed by atoms with Crippen LogP contribution in [0.2, 0.25) is 0 Å². The Kier molecular flexibility index (Phi) is 4.80. The van der Waals surface area contributed by atoms with Gasteiger partial charge in [-0.15, -0.1) is 0 Å². The topological polar surface area (TPSA) is 67.2 Å². The molecule has 0 bridgehead atoms. The molecule has 0 saturated carbocycles. The van der Waals surface area contributed by atoms with Crippen LogP contribution in [0.1, 0.15) is 25.3 Å². The Labute approximate surface area is 143 Å². The Morgan fingerprint density at radius 1 is 1.38 bits per heavy atom. The SMILES string of the molecule is Cc1ccc(N[C@@H](C)CCn2cccn2)cc1N1CCCS1(=O)=O. The third-order valence-electron chi connectivity index (χ3n) is 4.34. The van der Waals surface area contributed by atoms with E-state index in [2.05, 4.69) is 17.3 Å². The second-order valence-electron chi connectivity index (χ2n) is 6.35. The Bertz CT molecular complexity index is 787. The highest BCUT2D eigenvalue weighted by molar-refractivity contribution is 7.93. The molecule has 1 saturated heterocycles. The molecule has 3 rings (SSSR count). The van der Waals surface area contributed by atoms with E-state index < -0.39 is 10.0 Å². The molecule has 1 atom stereocenters. The first-order valence-corrected chi connectivity index (χ1v) is 9.92. The van der Waals surface area contributed by atoms with E-state index in [4.69, 9.17) is 0 Å². The molecule has 1 aromatic heterocycles. The summed E-state index contributed by atoms with van der Waals surface area (Å²) in [5, 5.41) is 7.66. The van der Waals surface area contributed by atoms with Gasteiger partial charge in [0.25, 0.3) is 0 Å². The molecule has 1 N–H and O–H groups in total. The molecule has 2 aromatic rings. The lowest BCUT2D eigenvalue weighted by molar-refractivity contribution is 0.546. The largest absolute Gasteiger partial charge is 0.382 e. The molecule has 0 aliphatic carbocycles. The van der Waals surface area contributed by atoms with Gasteiger partial charge in [-0.2, -0.15) is 5.10 Å². The van der Waals surface area contributed by atoms with Crippen LogP contribution in [0.5, 0.6) is 0 Å². The van der Waals surface area contributed by atoms with E-state index in [1.54, 1.807) is 10.5 Å². The van der Waals surface area contributed by atoms with Gasteiger partial charge < -0.3 is 5.32 Å². The Morgan fingerprint density at radius 2 is 2.21 bits per heavy atom. The molecular weight excluding hydrogens is 324 g/mol. The Hall–Kier alpha value is -2.02. The van der Waals surface area contributed by atoms with Crippen molar-refractivity contribution in [3.63, 3.8) is 0 Å². The number of anilines is 2. The van der Waals surface area contributed by atoms with E-state index in [0.29, 0.717) is 13.0 Å². The molecule has 1 aliphatic rings. The third-order valence-corrected chi connectivity index (χ3v) is 6.20. The summed E-state index contributed by atoms with van der Waals surface area (Å²) in [6.07, 6.45) is 5.36. The molecule has 0 amide bonds. The highest BCUT2D eigenvalue weighted by Gasteiger charge is 2.29. The van der Waals surface area contributed by atoms with E-state index in [1.807, 2.05) is 42.1 Å². The number of benzene rings is 1. The van der Waals surface area contributed by atoms with Crippen molar-refractivity contribution < 1.29 is 8.42 Å². The van der Waals surface area contributed by atoms with Crippen molar-refractivity contribution in [1.82, 2.24) is 9.78 Å². The second-order valence-corrected chi connectivity index (χ2v) is 8.36. The van der Waals surface area contributed by atoms with Crippen LogP contribution in [0.3, 0.4) is 0 Å². The minimum atomic E-state index is -3.15. The molecule has 2 heterocycles. The van der Waals surface area contributed by atoms with E-state index >= 15 is 0 Å². The first-order chi connectivity index (χ1) is 11.5. The van der Waals surface area contributed by atoms with E-state index in [9.17, 15) is 8.42 Å². The maximum Gasteiger partial charge on any atom is 0.235 e. The lowest BCUT2D eigenvalue weighted by Crippen LogP contribution is -2.26. The van der Waals surface area contributed by atoms with Crippen LogP contribution in [-0.4, -0.2) is 36.5 Å². The smallest absolute Gasteiger partial charge is 0.235 e. The molecule has 24 heavy (non-hydrogen) atoms. The Morgan fingerprint density at radius 3 is 2.88 bits per heavy atom. The van der Waals surface area contributed by atoms with Crippen LogP contribution in [0.4, 0.5) is 11.4 Å². The minimum absolute atomic E-state index is 0.240. The summed E-state index contributed by atoms with van der Waals surface area (Å²) in [6.45, 7) is 5.49. The third kappa shape index (κ3) is 3.72. The van der Waals surface area contributed by atoms with Crippen LogP contribution >= 0.6 is 0 Å². The van der Waals surface area contributed by atoms with Gasteiger partial charge in [-0.05, 0) is 50.5 Å². The fraction of sp³-hybridized carbons (Fsp3) is 0.471. The molecule has 0 spiro atoms. The zero-order valence-corrected chi connectivity index (χ0v) is 15.0. The van der Waals surface area contributed by atoms with E-state index in [1.165, 1.54) is 0 Å². The number of hydrogen-bond acceptors (Lipinski definition) is 4. The maximum absolute atomic E-state index is 12.2. The number of aromatic nitrogens is 2. The summed E-state index contributed by atoms with van der Waals surface area (Å²) in [6, 6.07) is 8.11. The molecular formula is C17H24N4O2S. The average molecular weight is 348 g/mol. The fourth-order valence-electron chi connectivity index (χ4n) is 2.99. The average Bonchev–Trinajstić information content (AvgIpc) is 3.16. The fourth-order valence-corrected chi connectivity index (χ4v) is 4.61. The normalized spacial score (nSPS) is 17.8. The monoisotopic (exact) mass is 348 g/mol. The zero-order valence-electron chi connectivity index (χ0n) is 14.1. The van der Waals surface area contributed by atoms with Gasteiger partial charge in [0.2, 0.25) is 10.0 Å². The molecule has 0 unspecified atom stereocenters. The lowest BCUT2D eigenvalue weighted by Gasteiger charge is -2.22. The summed E-state index contributed by atoms with van der Waals surface area (Å²) in [4.78, 5) is 0. The van der Waals surface area contributed by atoms with Crippen molar-refractivity contribution in [1.29, 1.82) is 0 Å². The molecule has 1 aromatic carbocycles.